The summed E-state index contributed by atoms with van der Waals surface area (Å²) in [5, 5.41) is 29.7. The second-order valence-electron chi connectivity index (χ2n) is 5.54. The van der Waals surface area contributed by atoms with E-state index in [1.807, 2.05) is 0 Å². The van der Waals surface area contributed by atoms with Gasteiger partial charge in [0.25, 0.3) is 0 Å². The zero-order valence-corrected chi connectivity index (χ0v) is 12.7. The van der Waals surface area contributed by atoms with Crippen LogP contribution in [0.4, 0.5) is 0 Å². The summed E-state index contributed by atoms with van der Waals surface area (Å²) in [7, 11) is 1.34. The molecule has 132 valence electrons. The lowest BCUT2D eigenvalue weighted by atomic mass is 9.88. The van der Waals surface area contributed by atoms with Gasteiger partial charge in [-0.15, -0.1) is 6.58 Å². The summed E-state index contributed by atoms with van der Waals surface area (Å²) in [6.45, 7) is 3.22. The van der Waals surface area contributed by atoms with Gasteiger partial charge in [-0.25, -0.2) is 0 Å². The van der Waals surface area contributed by atoms with Crippen molar-refractivity contribution in [2.45, 2.75) is 49.1 Å². The molecule has 0 aromatic rings. The topological polar surface area (TPSA) is 141 Å². The average Bonchev–Trinajstić information content (AvgIpc) is 2.87. The van der Waals surface area contributed by atoms with Crippen LogP contribution in [0.25, 0.3) is 0 Å². The highest BCUT2D eigenvalue weighted by Crippen LogP contribution is 2.31. The fraction of sp³-hybridized carbons (Fsp3) is 0.786. The molecule has 0 amide bonds. The van der Waals surface area contributed by atoms with Gasteiger partial charge in [-0.3, -0.25) is 0 Å². The Kier molecular flexibility index (Phi) is 6.23. The molecule has 0 bridgehead atoms. The van der Waals surface area contributed by atoms with Gasteiger partial charge in [-0.05, 0) is 0 Å². The summed E-state index contributed by atoms with van der Waals surface area (Å²) in [6, 6.07) is -0.944. The van der Waals surface area contributed by atoms with E-state index in [9.17, 15) is 20.1 Å². The Balaban J connectivity index is 2.11. The fourth-order valence-electron chi connectivity index (χ4n) is 2.83. The predicted molar refractivity (Wildman–Crippen MR) is 76.0 cm³/mol. The highest BCUT2D eigenvalue weighted by molar-refractivity contribution is 5.58. The number of carbonyl (C=O) groups excluding carboxylic acids is 1. The first-order valence-electron chi connectivity index (χ1n) is 7.28. The molecule has 9 atom stereocenters. The number of nitrogens with two attached hydrogens (primary N) is 1. The first-order valence-corrected chi connectivity index (χ1v) is 7.28. The number of rotatable bonds is 6. The van der Waals surface area contributed by atoms with Crippen LogP contribution in [0, 0.1) is 5.92 Å². The van der Waals surface area contributed by atoms with E-state index < -0.39 is 55.1 Å². The van der Waals surface area contributed by atoms with Crippen molar-refractivity contribution in [1.29, 1.82) is 0 Å². The van der Waals surface area contributed by atoms with E-state index in [0.717, 1.165) is 0 Å². The van der Waals surface area contributed by atoms with E-state index >= 15 is 0 Å². The lowest BCUT2D eigenvalue weighted by Crippen LogP contribution is -2.61. The molecule has 0 aromatic carbocycles. The average molecular weight is 333 g/mol. The van der Waals surface area contributed by atoms with Gasteiger partial charge in [0.2, 0.25) is 0 Å². The van der Waals surface area contributed by atoms with Gasteiger partial charge in [0.1, 0.15) is 18.3 Å². The van der Waals surface area contributed by atoms with E-state index in [4.69, 9.17) is 24.7 Å². The van der Waals surface area contributed by atoms with Crippen LogP contribution < -0.4 is 5.73 Å². The van der Waals surface area contributed by atoms with Crippen LogP contribution in [0.3, 0.4) is 0 Å². The van der Waals surface area contributed by atoms with Crippen molar-refractivity contribution in [3.05, 3.63) is 12.7 Å². The van der Waals surface area contributed by atoms with Gasteiger partial charge in [-0.1, -0.05) is 6.08 Å². The number of ether oxygens (including phenoxy) is 4. The molecule has 0 spiro atoms. The molecule has 9 heteroatoms. The van der Waals surface area contributed by atoms with Crippen LogP contribution in [0.2, 0.25) is 0 Å². The van der Waals surface area contributed by atoms with Crippen molar-refractivity contribution >= 4 is 6.29 Å². The molecule has 2 rings (SSSR count). The Hall–Kier alpha value is -0.910. The van der Waals surface area contributed by atoms with Gasteiger partial charge in [0.15, 0.2) is 18.9 Å². The second kappa shape index (κ2) is 7.77. The van der Waals surface area contributed by atoms with E-state index in [1.165, 1.54) is 13.2 Å². The number of aldehydes is 1. The Bertz CT molecular complexity index is 420. The maximum absolute atomic E-state index is 10.9. The van der Waals surface area contributed by atoms with Crippen LogP contribution >= 0.6 is 0 Å². The van der Waals surface area contributed by atoms with Gasteiger partial charge in [0, 0.05) is 13.0 Å². The molecule has 0 radical (unpaired) electrons. The van der Waals surface area contributed by atoms with Crippen LogP contribution in [0.15, 0.2) is 12.7 Å². The SMILES string of the molecule is C=CC1C(CO)O[C@@H](OC2C(OC)OC(C=O)C2O)C(N)C1O. The minimum absolute atomic E-state index is 0.366. The van der Waals surface area contributed by atoms with E-state index in [0.29, 0.717) is 6.29 Å². The molecule has 0 aliphatic carbocycles. The molecule has 2 saturated heterocycles. The molecule has 8 unspecified atom stereocenters. The number of carbonyl (C=O) groups is 1. The summed E-state index contributed by atoms with van der Waals surface area (Å²) >= 11 is 0. The van der Waals surface area contributed by atoms with Crippen molar-refractivity contribution in [3.63, 3.8) is 0 Å². The summed E-state index contributed by atoms with van der Waals surface area (Å²) in [6.07, 6.45) is -5.41. The summed E-state index contributed by atoms with van der Waals surface area (Å²) in [5.41, 5.74) is 5.92. The number of hydrogen-bond donors (Lipinski definition) is 4. The Morgan fingerprint density at radius 3 is 2.48 bits per heavy atom. The van der Waals surface area contributed by atoms with Gasteiger partial charge in [0.05, 0.1) is 24.9 Å². The minimum atomic E-state index is -1.27. The van der Waals surface area contributed by atoms with Crippen molar-refractivity contribution in [2.75, 3.05) is 13.7 Å². The van der Waals surface area contributed by atoms with Crippen molar-refractivity contribution in [1.82, 2.24) is 0 Å². The molecular weight excluding hydrogens is 310 g/mol. The Morgan fingerprint density at radius 1 is 1.26 bits per heavy atom. The second-order valence-corrected chi connectivity index (χ2v) is 5.54. The van der Waals surface area contributed by atoms with E-state index in [-0.39, 0.29) is 6.61 Å². The first kappa shape index (κ1) is 18.4. The number of aliphatic hydroxyl groups excluding tert-OH is 3. The Morgan fingerprint density at radius 2 is 1.96 bits per heavy atom. The molecule has 0 aromatic heterocycles. The minimum Gasteiger partial charge on any atom is -0.394 e. The molecule has 0 saturated carbocycles. The third-order valence-corrected chi connectivity index (χ3v) is 4.18. The maximum atomic E-state index is 10.9. The molecule has 5 N–H and O–H groups in total. The molecule has 23 heavy (non-hydrogen) atoms. The van der Waals surface area contributed by atoms with Crippen LogP contribution in [-0.2, 0) is 23.7 Å². The van der Waals surface area contributed by atoms with Crippen molar-refractivity contribution < 1.29 is 39.1 Å². The standard InChI is InChI=1S/C14H23NO8/c1-3-6-7(4-16)21-13(9(15)10(6)18)23-12-11(19)8(5-17)22-14(12)20-2/h3,5-14,16,18-19H,1,4,15H2,2H3/t6?,7?,8?,9?,10?,11?,12?,13-,14?/m0/s1. The molecule has 2 fully saturated rings. The number of hydrogen-bond acceptors (Lipinski definition) is 9. The highest BCUT2D eigenvalue weighted by Gasteiger charge is 2.49. The van der Waals surface area contributed by atoms with Crippen LogP contribution in [0.1, 0.15) is 0 Å². The molecule has 2 aliphatic rings. The zero-order valence-electron chi connectivity index (χ0n) is 12.7. The largest absolute Gasteiger partial charge is 0.394 e. The lowest BCUT2D eigenvalue weighted by molar-refractivity contribution is -0.284. The molecular formula is C14H23NO8. The Labute approximate surface area is 133 Å². The van der Waals surface area contributed by atoms with E-state index in [2.05, 4.69) is 6.58 Å². The lowest BCUT2D eigenvalue weighted by Gasteiger charge is -2.42. The third-order valence-electron chi connectivity index (χ3n) is 4.18. The predicted octanol–water partition coefficient (Wildman–Crippen LogP) is -2.49. The molecule has 9 nitrogen and oxygen atoms in total. The van der Waals surface area contributed by atoms with Gasteiger partial charge < -0.3 is 44.8 Å². The maximum Gasteiger partial charge on any atom is 0.187 e. The van der Waals surface area contributed by atoms with Crippen molar-refractivity contribution in [2.24, 2.45) is 11.7 Å². The number of aliphatic hydroxyl groups is 3. The summed E-state index contributed by atoms with van der Waals surface area (Å²) in [4.78, 5) is 10.9. The smallest absolute Gasteiger partial charge is 0.187 e. The molecule has 2 aliphatic heterocycles. The number of methoxy groups -OCH3 is 1. The quantitative estimate of drug-likeness (QED) is 0.307. The summed E-state index contributed by atoms with van der Waals surface area (Å²) < 4.78 is 21.4. The normalized spacial score (nSPS) is 47.4. The molecule has 2 heterocycles. The van der Waals surface area contributed by atoms with Crippen LogP contribution in [0.5, 0.6) is 0 Å². The summed E-state index contributed by atoms with van der Waals surface area (Å²) in [5.74, 6) is -0.555. The highest BCUT2D eigenvalue weighted by atomic mass is 16.8. The third kappa shape index (κ3) is 3.47. The van der Waals surface area contributed by atoms with Crippen LogP contribution in [-0.4, -0.2) is 84.5 Å². The van der Waals surface area contributed by atoms with Crippen molar-refractivity contribution in [3.8, 4) is 0 Å². The van der Waals surface area contributed by atoms with Gasteiger partial charge >= 0.3 is 0 Å². The van der Waals surface area contributed by atoms with E-state index in [1.54, 1.807) is 0 Å². The zero-order chi connectivity index (χ0) is 17.1. The fourth-order valence-corrected chi connectivity index (χ4v) is 2.83. The monoisotopic (exact) mass is 333 g/mol. The van der Waals surface area contributed by atoms with Gasteiger partial charge in [-0.2, -0.15) is 0 Å². The first-order chi connectivity index (χ1) is 11.0.